The van der Waals surface area contributed by atoms with Crippen LogP contribution in [0.2, 0.25) is 0 Å². The summed E-state index contributed by atoms with van der Waals surface area (Å²) in [6, 6.07) is 4.88. The molecule has 1 aliphatic carbocycles. The van der Waals surface area contributed by atoms with Gasteiger partial charge in [-0.1, -0.05) is 0 Å². The quantitative estimate of drug-likeness (QED) is 0.867. The molecule has 3 rings (SSSR count). The molecular formula is C19H27N3O. The molecule has 124 valence electrons. The molecule has 1 saturated carbocycles. The highest BCUT2D eigenvalue weighted by atomic mass is 16.5. The van der Waals surface area contributed by atoms with Gasteiger partial charge in [-0.15, -0.1) is 0 Å². The fourth-order valence-corrected chi connectivity index (χ4v) is 3.33. The van der Waals surface area contributed by atoms with E-state index in [-0.39, 0.29) is 0 Å². The van der Waals surface area contributed by atoms with Gasteiger partial charge in [0.05, 0.1) is 6.10 Å². The Morgan fingerprint density at radius 3 is 2.74 bits per heavy atom. The molecule has 1 aliphatic heterocycles. The first kappa shape index (κ1) is 15.9. The van der Waals surface area contributed by atoms with Gasteiger partial charge in [0.15, 0.2) is 0 Å². The molecule has 0 amide bonds. The maximum Gasteiger partial charge on any atom is 0.132 e. The molecule has 0 spiro atoms. The normalized spacial score (nSPS) is 22.1. The Kier molecular flexibility index (Phi) is 4.60. The lowest BCUT2D eigenvalue weighted by molar-refractivity contribution is 0.118. The van der Waals surface area contributed by atoms with Crippen molar-refractivity contribution in [2.24, 2.45) is 10.7 Å². The zero-order valence-corrected chi connectivity index (χ0v) is 14.4. The van der Waals surface area contributed by atoms with E-state index >= 15 is 0 Å². The van der Waals surface area contributed by atoms with Crippen LogP contribution in [0.4, 0.5) is 5.69 Å². The van der Waals surface area contributed by atoms with Gasteiger partial charge in [0.25, 0.3) is 0 Å². The summed E-state index contributed by atoms with van der Waals surface area (Å²) in [6.07, 6.45) is 9.56. The summed E-state index contributed by atoms with van der Waals surface area (Å²) < 4.78 is 6.41. The van der Waals surface area contributed by atoms with E-state index < -0.39 is 0 Å². The second kappa shape index (κ2) is 6.65. The first-order chi connectivity index (χ1) is 11.2. The van der Waals surface area contributed by atoms with Crippen molar-refractivity contribution in [1.82, 2.24) is 0 Å². The number of hydrogen-bond donors (Lipinski definition) is 1. The molecule has 0 radical (unpaired) electrons. The topological polar surface area (TPSA) is 50.9 Å². The second-order valence-electron chi connectivity index (χ2n) is 6.62. The maximum atomic E-state index is 6.41. The number of anilines is 1. The summed E-state index contributed by atoms with van der Waals surface area (Å²) in [6.45, 7) is 2.28. The van der Waals surface area contributed by atoms with Crippen molar-refractivity contribution in [1.29, 1.82) is 0 Å². The smallest absolute Gasteiger partial charge is 0.132 e. The van der Waals surface area contributed by atoms with Crippen LogP contribution in [0.15, 0.2) is 23.3 Å². The largest absolute Gasteiger partial charge is 0.489 e. The van der Waals surface area contributed by atoms with Crippen LogP contribution in [-0.2, 0) is 6.42 Å². The zero-order chi connectivity index (χ0) is 16.4. The molecule has 0 saturated heterocycles. The minimum absolute atomic E-state index is 0.350. The van der Waals surface area contributed by atoms with E-state index in [2.05, 4.69) is 36.0 Å². The van der Waals surface area contributed by atoms with Crippen molar-refractivity contribution in [3.63, 3.8) is 0 Å². The summed E-state index contributed by atoms with van der Waals surface area (Å²) in [5.74, 6) is 1.02. The highest BCUT2D eigenvalue weighted by Crippen LogP contribution is 2.42. The summed E-state index contributed by atoms with van der Waals surface area (Å²) in [5, 5.41) is 0. The number of nitrogens with two attached hydrogens (primary N) is 1. The monoisotopic (exact) mass is 313 g/mol. The Morgan fingerprint density at radius 1 is 1.35 bits per heavy atom. The molecule has 23 heavy (non-hydrogen) atoms. The van der Waals surface area contributed by atoms with E-state index in [0.717, 1.165) is 42.6 Å². The van der Waals surface area contributed by atoms with Crippen LogP contribution in [0.25, 0.3) is 5.57 Å². The Labute approximate surface area is 139 Å². The zero-order valence-electron chi connectivity index (χ0n) is 14.4. The molecule has 0 bridgehead atoms. The molecule has 1 fully saturated rings. The summed E-state index contributed by atoms with van der Waals surface area (Å²) in [5.41, 5.74) is 10.4. The van der Waals surface area contributed by atoms with E-state index in [1.54, 1.807) is 13.2 Å². The molecule has 1 heterocycles. The van der Waals surface area contributed by atoms with Crippen LogP contribution < -0.4 is 15.4 Å². The van der Waals surface area contributed by atoms with Crippen LogP contribution in [0.3, 0.4) is 0 Å². The fraction of sp³-hybridized carbons (Fsp3) is 0.526. The predicted octanol–water partition coefficient (Wildman–Crippen LogP) is 3.39. The number of allylic oxidation sites excluding steroid dienone is 1. The maximum absolute atomic E-state index is 6.41. The van der Waals surface area contributed by atoms with Gasteiger partial charge in [0, 0.05) is 54.9 Å². The molecular weight excluding hydrogens is 286 g/mol. The Balaban J connectivity index is 2.08. The molecule has 1 aromatic carbocycles. The number of aliphatic imine (C=N–C) groups is 1. The lowest BCUT2D eigenvalue weighted by Crippen LogP contribution is -2.34. The van der Waals surface area contributed by atoms with Gasteiger partial charge in [-0.25, -0.2) is 0 Å². The number of fused-ring (bicyclic) bond motifs is 1. The minimum atomic E-state index is 0.350. The van der Waals surface area contributed by atoms with Crippen molar-refractivity contribution >= 4 is 17.5 Å². The Hall–Kier alpha value is -1.97. The third kappa shape index (κ3) is 2.94. The standard InChI is InChI=1S/C19H27N3O/c1-13-7-8-17-18(22(13)3)10-9-16(14(11-20)12-21-2)19(17)23-15-5-4-6-15/h9-13,15H,4-8,20H2,1-3H3. The fourth-order valence-electron chi connectivity index (χ4n) is 3.33. The highest BCUT2D eigenvalue weighted by molar-refractivity contribution is 6.11. The van der Waals surface area contributed by atoms with E-state index in [1.165, 1.54) is 17.7 Å². The van der Waals surface area contributed by atoms with Gasteiger partial charge in [-0.3, -0.25) is 4.99 Å². The summed E-state index contributed by atoms with van der Waals surface area (Å²) in [4.78, 5) is 6.49. The molecule has 1 aromatic rings. The Bertz CT molecular complexity index is 632. The lowest BCUT2D eigenvalue weighted by Gasteiger charge is -2.37. The molecule has 4 heteroatoms. The molecule has 1 unspecified atom stereocenters. The lowest BCUT2D eigenvalue weighted by atomic mass is 9.91. The number of nitrogens with zero attached hydrogens (tertiary/aromatic N) is 2. The molecule has 2 N–H and O–H groups in total. The van der Waals surface area contributed by atoms with Gasteiger partial charge in [-0.2, -0.15) is 0 Å². The first-order valence-corrected chi connectivity index (χ1v) is 8.55. The van der Waals surface area contributed by atoms with E-state index in [0.29, 0.717) is 12.1 Å². The molecule has 1 atom stereocenters. The van der Waals surface area contributed by atoms with Crippen LogP contribution in [0, 0.1) is 0 Å². The van der Waals surface area contributed by atoms with Crippen LogP contribution in [-0.4, -0.2) is 32.5 Å². The first-order valence-electron chi connectivity index (χ1n) is 8.55. The molecule has 2 aliphatic rings. The van der Waals surface area contributed by atoms with Crippen LogP contribution in [0.5, 0.6) is 5.75 Å². The predicted molar refractivity (Wildman–Crippen MR) is 97.5 cm³/mol. The van der Waals surface area contributed by atoms with Crippen molar-refractivity contribution in [2.45, 2.75) is 51.2 Å². The number of rotatable bonds is 4. The third-order valence-corrected chi connectivity index (χ3v) is 5.18. The third-order valence-electron chi connectivity index (χ3n) is 5.18. The Morgan fingerprint density at radius 2 is 2.13 bits per heavy atom. The van der Waals surface area contributed by atoms with Crippen molar-refractivity contribution in [3.05, 3.63) is 29.5 Å². The SMILES string of the molecule is CN=CC(=CN)c1ccc2c(c1OC1CCC1)CCC(C)N2C. The van der Waals surface area contributed by atoms with Crippen molar-refractivity contribution in [2.75, 3.05) is 19.0 Å². The number of benzene rings is 1. The summed E-state index contributed by atoms with van der Waals surface area (Å²) in [7, 11) is 3.94. The highest BCUT2D eigenvalue weighted by Gasteiger charge is 2.28. The minimum Gasteiger partial charge on any atom is -0.489 e. The van der Waals surface area contributed by atoms with Crippen molar-refractivity contribution in [3.8, 4) is 5.75 Å². The summed E-state index contributed by atoms with van der Waals surface area (Å²) >= 11 is 0. The van der Waals surface area contributed by atoms with Gasteiger partial charge >= 0.3 is 0 Å². The second-order valence-corrected chi connectivity index (χ2v) is 6.62. The average Bonchev–Trinajstić information content (AvgIpc) is 2.52. The number of ether oxygens (including phenoxy) is 1. The van der Waals surface area contributed by atoms with Crippen LogP contribution >= 0.6 is 0 Å². The van der Waals surface area contributed by atoms with E-state index in [4.69, 9.17) is 10.5 Å². The molecule has 0 aromatic heterocycles. The van der Waals surface area contributed by atoms with Crippen molar-refractivity contribution < 1.29 is 4.74 Å². The van der Waals surface area contributed by atoms with Gasteiger partial charge < -0.3 is 15.4 Å². The number of hydrogen-bond acceptors (Lipinski definition) is 4. The van der Waals surface area contributed by atoms with Gasteiger partial charge in [-0.05, 0) is 51.2 Å². The van der Waals surface area contributed by atoms with E-state index in [9.17, 15) is 0 Å². The van der Waals surface area contributed by atoms with Crippen LogP contribution in [0.1, 0.15) is 43.7 Å². The van der Waals surface area contributed by atoms with E-state index in [1.807, 2.05) is 6.21 Å². The molecule has 4 nitrogen and oxygen atoms in total. The average molecular weight is 313 g/mol. The van der Waals surface area contributed by atoms with Gasteiger partial charge in [0.2, 0.25) is 0 Å². The van der Waals surface area contributed by atoms with Gasteiger partial charge in [0.1, 0.15) is 5.75 Å².